The Kier molecular flexibility index (Phi) is 7.00. The molecule has 33 heavy (non-hydrogen) atoms. The summed E-state index contributed by atoms with van der Waals surface area (Å²) in [4.78, 5) is 50.2. The van der Waals surface area contributed by atoms with Gasteiger partial charge in [0.1, 0.15) is 5.92 Å². The van der Waals surface area contributed by atoms with Crippen LogP contribution in [-0.4, -0.2) is 36.4 Å². The first kappa shape index (κ1) is 24.2. The summed E-state index contributed by atoms with van der Waals surface area (Å²) in [5, 5.41) is 14.8. The zero-order valence-electron chi connectivity index (χ0n) is 19.4. The number of ketones is 1. The van der Waals surface area contributed by atoms with E-state index in [1.54, 1.807) is 32.9 Å². The maximum absolute atomic E-state index is 13.6. The molecule has 0 amide bonds. The van der Waals surface area contributed by atoms with Crippen LogP contribution in [0.4, 0.5) is 5.69 Å². The third-order valence-corrected chi connectivity index (χ3v) is 6.16. The van der Waals surface area contributed by atoms with Gasteiger partial charge >= 0.3 is 11.9 Å². The SMILES string of the molecule is CCCOC(=O)C1=C(C)NC2=C(C(=O)[C@@H](C(=O)OC)[C@@H](C)C2)[C@@H]1c1ccc(C)c([N+](=O)[O-])c1. The van der Waals surface area contributed by atoms with Crippen LogP contribution in [0.1, 0.15) is 50.7 Å². The van der Waals surface area contributed by atoms with Crippen LogP contribution in [-0.2, 0) is 23.9 Å². The molecule has 0 saturated carbocycles. The van der Waals surface area contributed by atoms with Gasteiger partial charge in [-0.2, -0.15) is 0 Å². The fourth-order valence-electron chi connectivity index (χ4n) is 4.56. The van der Waals surface area contributed by atoms with E-state index >= 15 is 0 Å². The molecular weight excluding hydrogens is 428 g/mol. The van der Waals surface area contributed by atoms with Gasteiger partial charge < -0.3 is 14.8 Å². The fraction of sp³-hybridized carbons (Fsp3) is 0.458. The Morgan fingerprint density at radius 1 is 1.27 bits per heavy atom. The molecule has 176 valence electrons. The van der Waals surface area contributed by atoms with E-state index in [0.717, 1.165) is 0 Å². The van der Waals surface area contributed by atoms with E-state index in [-0.39, 0.29) is 29.4 Å². The predicted molar refractivity (Wildman–Crippen MR) is 119 cm³/mol. The number of nitrogens with zero attached hydrogens (tertiary/aromatic N) is 1. The van der Waals surface area contributed by atoms with Gasteiger partial charge in [-0.1, -0.05) is 26.0 Å². The van der Waals surface area contributed by atoms with Gasteiger partial charge in [0.05, 0.1) is 24.2 Å². The molecule has 0 spiro atoms. The molecule has 3 rings (SSSR count). The molecule has 0 aromatic heterocycles. The number of nitrogens with one attached hydrogen (secondary N) is 1. The highest BCUT2D eigenvalue weighted by Crippen LogP contribution is 2.46. The molecule has 0 fully saturated rings. The van der Waals surface area contributed by atoms with Gasteiger partial charge in [0.15, 0.2) is 5.78 Å². The topological polar surface area (TPSA) is 125 Å². The zero-order chi connectivity index (χ0) is 24.4. The van der Waals surface area contributed by atoms with Crippen molar-refractivity contribution in [2.45, 2.75) is 46.5 Å². The average Bonchev–Trinajstić information content (AvgIpc) is 2.76. The van der Waals surface area contributed by atoms with Crippen LogP contribution in [0.25, 0.3) is 0 Å². The van der Waals surface area contributed by atoms with Crippen molar-refractivity contribution in [2.75, 3.05) is 13.7 Å². The number of carbonyl (C=O) groups is 3. The number of Topliss-reactive ketones (excluding diaryl/α,β-unsaturated/α-hetero) is 1. The Morgan fingerprint density at radius 2 is 1.97 bits per heavy atom. The van der Waals surface area contributed by atoms with Crippen molar-refractivity contribution in [2.24, 2.45) is 11.8 Å². The minimum absolute atomic E-state index is 0.117. The second kappa shape index (κ2) is 9.56. The minimum Gasteiger partial charge on any atom is -0.468 e. The molecule has 0 radical (unpaired) electrons. The Morgan fingerprint density at radius 3 is 2.58 bits per heavy atom. The molecule has 9 nitrogen and oxygen atoms in total. The number of esters is 2. The Bertz CT molecular complexity index is 1090. The van der Waals surface area contributed by atoms with Crippen LogP contribution < -0.4 is 5.32 Å². The Balaban J connectivity index is 2.23. The molecule has 0 saturated heterocycles. The largest absolute Gasteiger partial charge is 0.468 e. The molecule has 0 unspecified atom stereocenters. The quantitative estimate of drug-likeness (QED) is 0.299. The molecular formula is C24H28N2O7. The lowest BCUT2D eigenvalue weighted by molar-refractivity contribution is -0.385. The summed E-state index contributed by atoms with van der Waals surface area (Å²) in [6, 6.07) is 4.64. The van der Waals surface area contributed by atoms with Crippen molar-refractivity contribution in [1.82, 2.24) is 5.32 Å². The molecule has 9 heteroatoms. The van der Waals surface area contributed by atoms with Gasteiger partial charge in [-0.25, -0.2) is 4.79 Å². The second-order valence-electron chi connectivity index (χ2n) is 8.47. The van der Waals surface area contributed by atoms with E-state index in [9.17, 15) is 24.5 Å². The number of ether oxygens (including phenoxy) is 2. The molecule has 1 aromatic carbocycles. The summed E-state index contributed by atoms with van der Waals surface area (Å²) >= 11 is 0. The van der Waals surface area contributed by atoms with E-state index in [2.05, 4.69) is 5.32 Å². The molecule has 1 aliphatic carbocycles. The molecule has 3 atom stereocenters. The lowest BCUT2D eigenvalue weighted by Crippen LogP contribution is -2.43. The minimum atomic E-state index is -1.02. The molecule has 1 heterocycles. The summed E-state index contributed by atoms with van der Waals surface area (Å²) in [6.07, 6.45) is 1.00. The highest BCUT2D eigenvalue weighted by Gasteiger charge is 2.47. The lowest BCUT2D eigenvalue weighted by Gasteiger charge is -2.38. The molecule has 1 aliphatic heterocycles. The van der Waals surface area contributed by atoms with Crippen molar-refractivity contribution < 1.29 is 28.8 Å². The van der Waals surface area contributed by atoms with Crippen molar-refractivity contribution in [3.05, 3.63) is 62.0 Å². The van der Waals surface area contributed by atoms with Crippen LogP contribution in [0.2, 0.25) is 0 Å². The van der Waals surface area contributed by atoms with E-state index in [1.807, 2.05) is 6.92 Å². The Hall–Kier alpha value is -3.49. The van der Waals surface area contributed by atoms with E-state index < -0.39 is 34.5 Å². The van der Waals surface area contributed by atoms with Crippen molar-refractivity contribution in [1.29, 1.82) is 0 Å². The normalized spacial score (nSPS) is 22.5. The van der Waals surface area contributed by atoms with Crippen LogP contribution >= 0.6 is 0 Å². The molecule has 1 N–H and O–H groups in total. The standard InChI is InChI=1S/C24H28N2O7/c1-6-9-33-24(29)19-14(4)25-16-10-13(3)18(23(28)32-5)22(27)21(16)20(19)15-8-7-12(2)17(11-15)26(30)31/h7-8,11,13,18,20,25H,6,9-10H2,1-5H3/t13-,18-,20+/m0/s1. The third kappa shape index (κ3) is 4.40. The van der Waals surface area contributed by atoms with Crippen LogP contribution in [0, 0.1) is 28.9 Å². The van der Waals surface area contributed by atoms with Crippen LogP contribution in [0.15, 0.2) is 40.7 Å². The number of carbonyl (C=O) groups excluding carboxylic acids is 3. The highest BCUT2D eigenvalue weighted by molar-refractivity contribution is 6.12. The van der Waals surface area contributed by atoms with Crippen LogP contribution in [0.3, 0.4) is 0 Å². The van der Waals surface area contributed by atoms with Gasteiger partial charge in [0.2, 0.25) is 0 Å². The summed E-state index contributed by atoms with van der Waals surface area (Å²) in [5.74, 6) is -3.95. The van der Waals surface area contributed by atoms with E-state index in [0.29, 0.717) is 35.4 Å². The summed E-state index contributed by atoms with van der Waals surface area (Å²) < 4.78 is 10.3. The number of nitro groups is 1. The number of benzene rings is 1. The van der Waals surface area contributed by atoms with Gasteiger partial charge in [-0.05, 0) is 38.2 Å². The number of hydrogen-bond acceptors (Lipinski definition) is 8. The number of dihydropyridines is 1. The second-order valence-corrected chi connectivity index (χ2v) is 8.47. The number of hydrogen-bond donors (Lipinski definition) is 1. The first-order valence-corrected chi connectivity index (χ1v) is 10.9. The monoisotopic (exact) mass is 456 g/mol. The average molecular weight is 456 g/mol. The molecule has 0 bridgehead atoms. The zero-order valence-corrected chi connectivity index (χ0v) is 19.4. The molecule has 2 aliphatic rings. The predicted octanol–water partition coefficient (Wildman–Crippen LogP) is 3.47. The summed E-state index contributed by atoms with van der Waals surface area (Å²) in [5.41, 5.74) is 2.31. The number of nitro benzene ring substituents is 1. The van der Waals surface area contributed by atoms with Gasteiger partial charge in [0.25, 0.3) is 5.69 Å². The first-order chi connectivity index (χ1) is 15.6. The summed E-state index contributed by atoms with van der Waals surface area (Å²) in [7, 11) is 1.23. The number of methoxy groups -OCH3 is 1. The van der Waals surface area contributed by atoms with Gasteiger partial charge in [0, 0.05) is 34.5 Å². The first-order valence-electron chi connectivity index (χ1n) is 10.9. The van der Waals surface area contributed by atoms with Gasteiger partial charge in [-0.15, -0.1) is 0 Å². The van der Waals surface area contributed by atoms with Gasteiger partial charge in [-0.3, -0.25) is 19.7 Å². The van der Waals surface area contributed by atoms with Crippen LogP contribution in [0.5, 0.6) is 0 Å². The number of rotatable bonds is 6. The smallest absolute Gasteiger partial charge is 0.336 e. The maximum Gasteiger partial charge on any atom is 0.336 e. The van der Waals surface area contributed by atoms with Crippen molar-refractivity contribution in [3.63, 3.8) is 0 Å². The van der Waals surface area contributed by atoms with Crippen molar-refractivity contribution in [3.8, 4) is 0 Å². The highest BCUT2D eigenvalue weighted by atomic mass is 16.6. The Labute approximate surface area is 192 Å². The van der Waals surface area contributed by atoms with E-state index in [1.165, 1.54) is 13.2 Å². The molecule has 1 aromatic rings. The number of allylic oxidation sites excluding steroid dienone is 3. The fourth-order valence-corrected chi connectivity index (χ4v) is 4.56. The maximum atomic E-state index is 13.6. The summed E-state index contributed by atoms with van der Waals surface area (Å²) in [6.45, 7) is 7.18. The number of aryl methyl sites for hydroxylation is 1. The van der Waals surface area contributed by atoms with E-state index in [4.69, 9.17) is 9.47 Å². The lowest BCUT2D eigenvalue weighted by atomic mass is 9.69. The van der Waals surface area contributed by atoms with Crippen molar-refractivity contribution >= 4 is 23.4 Å². The third-order valence-electron chi connectivity index (χ3n) is 6.16.